The number of nitrogens with two attached hydrogens (primary N) is 1. The first-order valence-electron chi connectivity index (χ1n) is 7.54. The molecule has 1 amide bonds. The summed E-state index contributed by atoms with van der Waals surface area (Å²) in [5.41, 5.74) is 5.97. The maximum absolute atomic E-state index is 12.4. The Morgan fingerprint density at radius 1 is 1.40 bits per heavy atom. The van der Waals surface area contributed by atoms with Crippen molar-refractivity contribution in [3.05, 3.63) is 12.7 Å². The van der Waals surface area contributed by atoms with Crippen molar-refractivity contribution in [3.8, 4) is 0 Å². The van der Waals surface area contributed by atoms with Crippen LogP contribution in [-0.4, -0.2) is 44.2 Å². The third-order valence-corrected chi connectivity index (χ3v) is 4.64. The second-order valence-corrected chi connectivity index (χ2v) is 6.36. The van der Waals surface area contributed by atoms with Crippen LogP contribution in [0.3, 0.4) is 0 Å². The zero-order valence-corrected chi connectivity index (χ0v) is 11.9. The first-order valence-corrected chi connectivity index (χ1v) is 7.54. The summed E-state index contributed by atoms with van der Waals surface area (Å²) in [5.74, 6) is 0.708. The minimum atomic E-state index is -0.212. The fourth-order valence-corrected chi connectivity index (χ4v) is 3.25. The second-order valence-electron chi connectivity index (χ2n) is 6.36. The Morgan fingerprint density at radius 2 is 2.25 bits per heavy atom. The monoisotopic (exact) mass is 277 g/mol. The van der Waals surface area contributed by atoms with Gasteiger partial charge in [0.2, 0.25) is 5.91 Å². The van der Waals surface area contributed by atoms with E-state index >= 15 is 0 Å². The van der Waals surface area contributed by atoms with Crippen LogP contribution in [0.5, 0.6) is 0 Å². The van der Waals surface area contributed by atoms with Crippen molar-refractivity contribution >= 4 is 5.91 Å². The van der Waals surface area contributed by atoms with Crippen LogP contribution in [0.1, 0.15) is 38.5 Å². The van der Waals surface area contributed by atoms with Crippen LogP contribution < -0.4 is 5.73 Å². The van der Waals surface area contributed by atoms with E-state index in [1.165, 1.54) is 6.42 Å². The van der Waals surface area contributed by atoms with Gasteiger partial charge in [0.05, 0.1) is 0 Å². The number of carbonyl (C=O) groups excluding carboxylic acids is 1. The molecule has 0 bridgehead atoms. The standard InChI is InChI=1S/C14H23N5O/c15-14(4-2-5-14)7-13(20)18-6-1-3-12(8-18)9-19-11-16-10-17-19/h10-12H,1-9,15H2/t12-/m0/s1. The molecule has 6 nitrogen and oxygen atoms in total. The zero-order valence-electron chi connectivity index (χ0n) is 11.9. The van der Waals surface area contributed by atoms with Crippen LogP contribution in [0.15, 0.2) is 12.7 Å². The van der Waals surface area contributed by atoms with E-state index in [9.17, 15) is 4.79 Å². The predicted octanol–water partition coefficient (Wildman–Crippen LogP) is 0.788. The van der Waals surface area contributed by atoms with E-state index in [0.29, 0.717) is 12.3 Å². The van der Waals surface area contributed by atoms with Gasteiger partial charge in [-0.2, -0.15) is 5.10 Å². The second kappa shape index (κ2) is 5.52. The highest BCUT2D eigenvalue weighted by molar-refractivity contribution is 5.77. The molecule has 2 fully saturated rings. The molecule has 1 aliphatic carbocycles. The van der Waals surface area contributed by atoms with Crippen LogP contribution in [-0.2, 0) is 11.3 Å². The summed E-state index contributed by atoms with van der Waals surface area (Å²) in [6, 6.07) is 0. The third-order valence-electron chi connectivity index (χ3n) is 4.64. The topological polar surface area (TPSA) is 77.0 Å². The minimum absolute atomic E-state index is 0.212. The number of hydrogen-bond acceptors (Lipinski definition) is 4. The Hall–Kier alpha value is -1.43. The Bertz CT molecular complexity index is 454. The van der Waals surface area contributed by atoms with E-state index in [2.05, 4.69) is 10.1 Å². The van der Waals surface area contributed by atoms with Gasteiger partial charge in [-0.15, -0.1) is 0 Å². The minimum Gasteiger partial charge on any atom is -0.342 e. The van der Waals surface area contributed by atoms with Crippen molar-refractivity contribution in [2.75, 3.05) is 13.1 Å². The van der Waals surface area contributed by atoms with Gasteiger partial charge in [-0.3, -0.25) is 9.48 Å². The van der Waals surface area contributed by atoms with Gasteiger partial charge in [0.15, 0.2) is 0 Å². The quantitative estimate of drug-likeness (QED) is 0.882. The number of carbonyl (C=O) groups is 1. The molecule has 2 heterocycles. The van der Waals surface area contributed by atoms with Crippen molar-refractivity contribution in [1.29, 1.82) is 0 Å². The van der Waals surface area contributed by atoms with Gasteiger partial charge >= 0.3 is 0 Å². The van der Waals surface area contributed by atoms with E-state index in [1.807, 2.05) is 9.58 Å². The maximum Gasteiger partial charge on any atom is 0.224 e. The summed E-state index contributed by atoms with van der Waals surface area (Å²) >= 11 is 0. The highest BCUT2D eigenvalue weighted by Crippen LogP contribution is 2.33. The van der Waals surface area contributed by atoms with Gasteiger partial charge < -0.3 is 10.6 Å². The summed E-state index contributed by atoms with van der Waals surface area (Å²) in [6.07, 6.45) is 9.19. The first kappa shape index (κ1) is 13.5. The number of rotatable bonds is 4. The fourth-order valence-electron chi connectivity index (χ4n) is 3.25. The van der Waals surface area contributed by atoms with Gasteiger partial charge in [-0.1, -0.05) is 0 Å². The average molecular weight is 277 g/mol. The van der Waals surface area contributed by atoms with Gasteiger partial charge in [-0.25, -0.2) is 4.98 Å². The van der Waals surface area contributed by atoms with Crippen LogP contribution in [0, 0.1) is 5.92 Å². The third kappa shape index (κ3) is 3.00. The molecule has 20 heavy (non-hydrogen) atoms. The van der Waals surface area contributed by atoms with Gasteiger partial charge in [-0.05, 0) is 38.0 Å². The Morgan fingerprint density at radius 3 is 2.90 bits per heavy atom. The number of hydrogen-bond donors (Lipinski definition) is 1. The molecule has 0 radical (unpaired) electrons. The summed E-state index contributed by atoms with van der Waals surface area (Å²) in [6.45, 7) is 2.55. The van der Waals surface area contributed by atoms with Crippen molar-refractivity contribution in [1.82, 2.24) is 19.7 Å². The zero-order chi connectivity index (χ0) is 14.0. The van der Waals surface area contributed by atoms with E-state index in [-0.39, 0.29) is 11.4 Å². The number of amides is 1. The molecule has 1 aromatic heterocycles. The molecule has 1 aromatic rings. The van der Waals surface area contributed by atoms with Crippen molar-refractivity contribution in [3.63, 3.8) is 0 Å². The molecule has 0 aromatic carbocycles. The molecule has 0 unspecified atom stereocenters. The van der Waals surface area contributed by atoms with Gasteiger partial charge in [0.1, 0.15) is 12.7 Å². The molecule has 2 aliphatic rings. The Balaban J connectivity index is 1.53. The smallest absolute Gasteiger partial charge is 0.224 e. The van der Waals surface area contributed by atoms with Gasteiger partial charge in [0.25, 0.3) is 0 Å². The highest BCUT2D eigenvalue weighted by Gasteiger charge is 2.36. The number of aromatic nitrogens is 3. The fraction of sp³-hybridized carbons (Fsp3) is 0.786. The molecule has 1 saturated carbocycles. The lowest BCUT2D eigenvalue weighted by Gasteiger charge is -2.40. The molecule has 3 rings (SSSR count). The van der Waals surface area contributed by atoms with Crippen LogP contribution in [0.25, 0.3) is 0 Å². The maximum atomic E-state index is 12.4. The van der Waals surface area contributed by atoms with E-state index in [1.54, 1.807) is 12.7 Å². The Kier molecular flexibility index (Phi) is 3.74. The number of likely N-dealkylation sites (tertiary alicyclic amines) is 1. The van der Waals surface area contributed by atoms with Crippen LogP contribution in [0.2, 0.25) is 0 Å². The highest BCUT2D eigenvalue weighted by atomic mass is 16.2. The molecule has 2 N–H and O–H groups in total. The normalized spacial score (nSPS) is 25.2. The Labute approximate surface area is 119 Å². The summed E-state index contributed by atoms with van der Waals surface area (Å²) < 4.78 is 1.86. The lowest BCUT2D eigenvalue weighted by Crippen LogP contribution is -2.52. The lowest BCUT2D eigenvalue weighted by atomic mass is 9.75. The summed E-state index contributed by atoms with van der Waals surface area (Å²) in [7, 11) is 0. The molecular formula is C14H23N5O. The molecule has 1 saturated heterocycles. The first-order chi connectivity index (χ1) is 9.65. The predicted molar refractivity (Wildman–Crippen MR) is 74.7 cm³/mol. The molecule has 6 heteroatoms. The summed E-state index contributed by atoms with van der Waals surface area (Å²) in [5, 5.41) is 4.14. The molecule has 0 spiro atoms. The van der Waals surface area contributed by atoms with Crippen molar-refractivity contribution in [2.45, 2.75) is 50.6 Å². The van der Waals surface area contributed by atoms with Gasteiger partial charge in [0, 0.05) is 31.6 Å². The molecule has 1 atom stereocenters. The van der Waals surface area contributed by atoms with Crippen molar-refractivity contribution in [2.24, 2.45) is 11.7 Å². The average Bonchev–Trinajstić information content (AvgIpc) is 2.90. The molecular weight excluding hydrogens is 254 g/mol. The van der Waals surface area contributed by atoms with E-state index in [0.717, 1.165) is 45.3 Å². The van der Waals surface area contributed by atoms with Crippen LogP contribution in [0.4, 0.5) is 0 Å². The van der Waals surface area contributed by atoms with E-state index in [4.69, 9.17) is 5.73 Å². The van der Waals surface area contributed by atoms with Crippen molar-refractivity contribution < 1.29 is 4.79 Å². The summed E-state index contributed by atoms with van der Waals surface area (Å²) in [4.78, 5) is 18.3. The number of nitrogens with zero attached hydrogens (tertiary/aromatic N) is 4. The number of piperidine rings is 1. The van der Waals surface area contributed by atoms with E-state index < -0.39 is 0 Å². The molecule has 1 aliphatic heterocycles. The SMILES string of the molecule is NC1(CC(=O)N2CCC[C@H](Cn3cncn3)C2)CCC1. The molecule has 110 valence electrons. The van der Waals surface area contributed by atoms with Crippen LogP contribution >= 0.6 is 0 Å². The largest absolute Gasteiger partial charge is 0.342 e. The lowest BCUT2D eigenvalue weighted by molar-refractivity contribution is -0.135.